The number of hydrogen-bond donors (Lipinski definition) is 1. The van der Waals surface area contributed by atoms with Gasteiger partial charge < -0.3 is 5.32 Å². The van der Waals surface area contributed by atoms with Crippen LogP contribution in [0.25, 0.3) is 0 Å². The first-order chi connectivity index (χ1) is 9.41. The maximum absolute atomic E-state index is 12.5. The Morgan fingerprint density at radius 1 is 1.15 bits per heavy atom. The number of halogens is 1. The van der Waals surface area contributed by atoms with Crippen LogP contribution in [0.5, 0.6) is 0 Å². The molecule has 0 saturated heterocycles. The van der Waals surface area contributed by atoms with Gasteiger partial charge in [-0.3, -0.25) is 4.79 Å². The molecule has 4 heteroatoms. The lowest BCUT2D eigenvalue weighted by molar-refractivity contribution is -0.120. The van der Waals surface area contributed by atoms with Crippen molar-refractivity contribution in [3.63, 3.8) is 0 Å². The van der Waals surface area contributed by atoms with Crippen molar-refractivity contribution in [1.29, 1.82) is 0 Å². The number of benzene rings is 1. The van der Waals surface area contributed by atoms with E-state index < -0.39 is 5.41 Å². The highest BCUT2D eigenvalue weighted by atomic mass is 35.5. The van der Waals surface area contributed by atoms with Crippen LogP contribution >= 0.6 is 11.6 Å². The van der Waals surface area contributed by atoms with Gasteiger partial charge in [0.15, 0.2) is 0 Å². The van der Waals surface area contributed by atoms with E-state index in [-0.39, 0.29) is 5.91 Å². The van der Waals surface area contributed by atoms with Gasteiger partial charge in [0.2, 0.25) is 5.91 Å². The number of carbonyl (C=O) groups is 1. The second-order valence-electron chi connectivity index (χ2n) is 5.21. The normalized spacial score (nSPS) is 11.2. The average molecular weight is 289 g/mol. The Morgan fingerprint density at radius 2 is 1.80 bits per heavy atom. The van der Waals surface area contributed by atoms with E-state index in [4.69, 9.17) is 11.6 Å². The molecule has 0 aliphatic carbocycles. The zero-order valence-electron chi connectivity index (χ0n) is 11.8. The first kappa shape index (κ1) is 14.5. The van der Waals surface area contributed by atoms with E-state index in [0.29, 0.717) is 16.5 Å². The van der Waals surface area contributed by atoms with E-state index in [1.54, 1.807) is 12.1 Å². The minimum absolute atomic E-state index is 0.0732. The molecule has 20 heavy (non-hydrogen) atoms. The van der Waals surface area contributed by atoms with Gasteiger partial charge in [-0.2, -0.15) is 0 Å². The maximum atomic E-state index is 12.5. The van der Waals surface area contributed by atoms with Crippen LogP contribution in [-0.2, 0) is 10.2 Å². The fourth-order valence-corrected chi connectivity index (χ4v) is 2.12. The lowest BCUT2D eigenvalue weighted by Crippen LogP contribution is -2.34. The van der Waals surface area contributed by atoms with Gasteiger partial charge in [0.1, 0.15) is 5.15 Å². The first-order valence-corrected chi connectivity index (χ1v) is 6.79. The van der Waals surface area contributed by atoms with Crippen molar-refractivity contribution >= 4 is 23.2 Å². The van der Waals surface area contributed by atoms with E-state index in [0.717, 1.165) is 5.56 Å². The summed E-state index contributed by atoms with van der Waals surface area (Å²) < 4.78 is 0. The molecule has 0 atom stereocenters. The summed E-state index contributed by atoms with van der Waals surface area (Å²) >= 11 is 5.82. The Kier molecular flexibility index (Phi) is 4.09. The summed E-state index contributed by atoms with van der Waals surface area (Å²) in [5.41, 5.74) is 1.74. The van der Waals surface area contributed by atoms with E-state index in [1.165, 1.54) is 0 Å². The zero-order chi connectivity index (χ0) is 14.8. The Hall–Kier alpha value is -1.87. The molecule has 0 saturated carbocycles. The van der Waals surface area contributed by atoms with Crippen LogP contribution in [0, 0.1) is 6.92 Å². The minimum Gasteiger partial charge on any atom is -0.324 e. The molecule has 1 heterocycles. The largest absolute Gasteiger partial charge is 0.324 e. The number of amides is 1. The molecular weight excluding hydrogens is 272 g/mol. The Balaban J connectivity index is 2.23. The van der Waals surface area contributed by atoms with Crippen molar-refractivity contribution in [1.82, 2.24) is 4.98 Å². The van der Waals surface area contributed by atoms with Crippen molar-refractivity contribution in [2.75, 3.05) is 5.32 Å². The predicted molar refractivity (Wildman–Crippen MR) is 82.1 cm³/mol. The van der Waals surface area contributed by atoms with Gasteiger partial charge in [-0.1, -0.05) is 41.9 Å². The van der Waals surface area contributed by atoms with Crippen LogP contribution in [0.1, 0.15) is 25.1 Å². The second-order valence-corrected chi connectivity index (χ2v) is 5.60. The number of aromatic nitrogens is 1. The summed E-state index contributed by atoms with van der Waals surface area (Å²) in [6, 6.07) is 13.1. The number of aryl methyl sites for hydroxylation is 1. The Labute approximate surface area is 124 Å². The third-order valence-electron chi connectivity index (χ3n) is 3.36. The summed E-state index contributed by atoms with van der Waals surface area (Å²) in [5, 5.41) is 3.34. The van der Waals surface area contributed by atoms with Gasteiger partial charge >= 0.3 is 0 Å². The molecule has 0 bridgehead atoms. The SMILES string of the molecule is Cc1nc(Cl)ccc1NC(=O)C(C)(C)c1ccccc1. The molecule has 3 nitrogen and oxygen atoms in total. The fourth-order valence-electron chi connectivity index (χ4n) is 1.93. The third-order valence-corrected chi connectivity index (χ3v) is 3.57. The summed E-state index contributed by atoms with van der Waals surface area (Å²) in [4.78, 5) is 16.6. The number of hydrogen-bond acceptors (Lipinski definition) is 2. The number of carbonyl (C=O) groups excluding carboxylic acids is 1. The molecule has 0 spiro atoms. The van der Waals surface area contributed by atoms with E-state index in [1.807, 2.05) is 51.1 Å². The van der Waals surface area contributed by atoms with Gasteiger partial charge in [-0.05, 0) is 38.5 Å². The third kappa shape index (κ3) is 2.99. The van der Waals surface area contributed by atoms with Crippen LogP contribution in [0.4, 0.5) is 5.69 Å². The molecule has 2 aromatic rings. The number of nitrogens with zero attached hydrogens (tertiary/aromatic N) is 1. The fraction of sp³-hybridized carbons (Fsp3) is 0.250. The summed E-state index contributed by atoms with van der Waals surface area (Å²) in [5.74, 6) is -0.0732. The summed E-state index contributed by atoms with van der Waals surface area (Å²) in [6.45, 7) is 5.61. The van der Waals surface area contributed by atoms with E-state index in [9.17, 15) is 4.79 Å². The monoisotopic (exact) mass is 288 g/mol. The molecule has 0 radical (unpaired) electrons. The molecule has 2 rings (SSSR count). The number of nitrogens with one attached hydrogen (secondary N) is 1. The average Bonchev–Trinajstić information content (AvgIpc) is 2.42. The van der Waals surface area contributed by atoms with Crippen molar-refractivity contribution in [3.05, 3.63) is 58.9 Å². The lowest BCUT2D eigenvalue weighted by atomic mass is 9.83. The van der Waals surface area contributed by atoms with Gasteiger partial charge in [0, 0.05) is 0 Å². The van der Waals surface area contributed by atoms with Gasteiger partial charge in [-0.25, -0.2) is 4.98 Å². The van der Waals surface area contributed by atoms with Gasteiger partial charge in [-0.15, -0.1) is 0 Å². The first-order valence-electron chi connectivity index (χ1n) is 6.41. The molecule has 104 valence electrons. The molecule has 0 aliphatic heterocycles. The standard InChI is InChI=1S/C16H17ClN2O/c1-11-13(9-10-14(17)18-11)19-15(20)16(2,3)12-7-5-4-6-8-12/h4-10H,1-3H3,(H,19,20). The van der Waals surface area contributed by atoms with Crippen LogP contribution in [0.2, 0.25) is 5.15 Å². The van der Waals surface area contributed by atoms with Crippen molar-refractivity contribution in [3.8, 4) is 0 Å². The minimum atomic E-state index is -0.618. The quantitative estimate of drug-likeness (QED) is 0.869. The highest BCUT2D eigenvalue weighted by Gasteiger charge is 2.29. The number of rotatable bonds is 3. The van der Waals surface area contributed by atoms with Gasteiger partial charge in [0.05, 0.1) is 16.8 Å². The number of anilines is 1. The Bertz CT molecular complexity index is 624. The molecule has 1 aromatic carbocycles. The molecular formula is C16H17ClN2O. The summed E-state index contributed by atoms with van der Waals surface area (Å²) in [6.07, 6.45) is 0. The molecule has 0 aliphatic rings. The Morgan fingerprint density at radius 3 is 2.40 bits per heavy atom. The van der Waals surface area contributed by atoms with E-state index >= 15 is 0 Å². The molecule has 0 unspecified atom stereocenters. The van der Waals surface area contributed by atoms with Crippen molar-refractivity contribution in [2.24, 2.45) is 0 Å². The van der Waals surface area contributed by atoms with Crippen LogP contribution in [0.15, 0.2) is 42.5 Å². The number of pyridine rings is 1. The van der Waals surface area contributed by atoms with E-state index in [2.05, 4.69) is 10.3 Å². The van der Waals surface area contributed by atoms with Crippen LogP contribution in [0.3, 0.4) is 0 Å². The molecule has 1 aromatic heterocycles. The lowest BCUT2D eigenvalue weighted by Gasteiger charge is -2.24. The highest BCUT2D eigenvalue weighted by Crippen LogP contribution is 2.25. The highest BCUT2D eigenvalue weighted by molar-refractivity contribution is 6.29. The molecule has 0 fully saturated rings. The van der Waals surface area contributed by atoms with Crippen LogP contribution in [-0.4, -0.2) is 10.9 Å². The zero-order valence-corrected chi connectivity index (χ0v) is 12.5. The molecule has 1 N–H and O–H groups in total. The second kappa shape index (κ2) is 5.63. The predicted octanol–water partition coefficient (Wildman–Crippen LogP) is 3.96. The van der Waals surface area contributed by atoms with Crippen molar-refractivity contribution < 1.29 is 4.79 Å². The molecule has 1 amide bonds. The topological polar surface area (TPSA) is 42.0 Å². The van der Waals surface area contributed by atoms with Crippen LogP contribution < -0.4 is 5.32 Å². The smallest absolute Gasteiger partial charge is 0.234 e. The van der Waals surface area contributed by atoms with Crippen molar-refractivity contribution in [2.45, 2.75) is 26.2 Å². The van der Waals surface area contributed by atoms with Gasteiger partial charge in [0.25, 0.3) is 0 Å². The summed E-state index contributed by atoms with van der Waals surface area (Å²) in [7, 11) is 0. The maximum Gasteiger partial charge on any atom is 0.234 e.